The molecule has 5 nitrogen and oxygen atoms in total. The molecule has 0 aliphatic heterocycles. The summed E-state index contributed by atoms with van der Waals surface area (Å²) in [5, 5.41) is 5.79. The first-order chi connectivity index (χ1) is 11.2. The van der Waals surface area contributed by atoms with Gasteiger partial charge in [0.25, 0.3) is 5.91 Å². The smallest absolute Gasteiger partial charge is 0.251 e. The minimum atomic E-state index is -0.130. The third-order valence-electron chi connectivity index (χ3n) is 4.18. The van der Waals surface area contributed by atoms with E-state index < -0.39 is 0 Å². The lowest BCUT2D eigenvalue weighted by molar-refractivity contribution is -0.120. The first-order valence-electron chi connectivity index (χ1n) is 8.39. The molecule has 2 N–H and O–H groups in total. The molecule has 2 amide bonds. The number of carbonyl (C=O) groups excluding carboxylic acids is 2. The molecule has 1 aromatic carbocycles. The molecule has 1 aromatic rings. The van der Waals surface area contributed by atoms with Crippen molar-refractivity contribution in [1.82, 2.24) is 5.32 Å². The molecule has 1 fully saturated rings. The van der Waals surface area contributed by atoms with E-state index >= 15 is 0 Å². The minimum absolute atomic E-state index is 0.0716. The number of rotatable bonds is 7. The van der Waals surface area contributed by atoms with Gasteiger partial charge in [0.15, 0.2) is 0 Å². The van der Waals surface area contributed by atoms with Crippen molar-refractivity contribution in [2.75, 3.05) is 25.6 Å². The zero-order valence-corrected chi connectivity index (χ0v) is 13.8. The SMILES string of the molecule is COCCCNC(=O)c1cccc(NC(=O)C2CCCCC2)c1. The monoisotopic (exact) mass is 318 g/mol. The maximum atomic E-state index is 12.3. The predicted octanol–water partition coefficient (Wildman–Crippen LogP) is 2.97. The largest absolute Gasteiger partial charge is 0.385 e. The van der Waals surface area contributed by atoms with Crippen LogP contribution in [0.2, 0.25) is 0 Å². The Morgan fingerprint density at radius 2 is 2.00 bits per heavy atom. The van der Waals surface area contributed by atoms with E-state index in [0.717, 1.165) is 32.1 Å². The van der Waals surface area contributed by atoms with Gasteiger partial charge in [-0.1, -0.05) is 25.3 Å². The van der Waals surface area contributed by atoms with Crippen LogP contribution in [0.3, 0.4) is 0 Å². The molecule has 126 valence electrons. The van der Waals surface area contributed by atoms with Gasteiger partial charge in [-0.05, 0) is 37.5 Å². The Morgan fingerprint density at radius 1 is 1.22 bits per heavy atom. The Hall–Kier alpha value is -1.88. The maximum absolute atomic E-state index is 12.3. The molecule has 2 rings (SSSR count). The van der Waals surface area contributed by atoms with Gasteiger partial charge in [-0.25, -0.2) is 0 Å². The fraction of sp³-hybridized carbons (Fsp3) is 0.556. The van der Waals surface area contributed by atoms with Gasteiger partial charge in [-0.3, -0.25) is 9.59 Å². The topological polar surface area (TPSA) is 67.4 Å². The van der Waals surface area contributed by atoms with E-state index in [-0.39, 0.29) is 17.7 Å². The summed E-state index contributed by atoms with van der Waals surface area (Å²) in [5.74, 6) is 0.0486. The van der Waals surface area contributed by atoms with E-state index in [1.54, 1.807) is 25.3 Å². The Bertz CT molecular complexity index is 525. The number of benzene rings is 1. The van der Waals surface area contributed by atoms with Crippen molar-refractivity contribution in [1.29, 1.82) is 0 Å². The van der Waals surface area contributed by atoms with Crippen LogP contribution in [0.5, 0.6) is 0 Å². The van der Waals surface area contributed by atoms with Crippen molar-refractivity contribution >= 4 is 17.5 Å². The third kappa shape index (κ3) is 5.67. The van der Waals surface area contributed by atoms with Crippen LogP contribution in [-0.2, 0) is 9.53 Å². The zero-order valence-electron chi connectivity index (χ0n) is 13.8. The Kier molecular flexibility index (Phi) is 7.07. The Balaban J connectivity index is 1.88. The van der Waals surface area contributed by atoms with Gasteiger partial charge in [-0.15, -0.1) is 0 Å². The fourth-order valence-corrected chi connectivity index (χ4v) is 2.87. The summed E-state index contributed by atoms with van der Waals surface area (Å²) in [6.45, 7) is 1.20. The van der Waals surface area contributed by atoms with Gasteiger partial charge in [0.2, 0.25) is 5.91 Å². The average molecular weight is 318 g/mol. The van der Waals surface area contributed by atoms with E-state index in [2.05, 4.69) is 10.6 Å². The highest BCUT2D eigenvalue weighted by molar-refractivity contribution is 5.97. The summed E-state index contributed by atoms with van der Waals surface area (Å²) in [6.07, 6.45) is 6.18. The third-order valence-corrected chi connectivity index (χ3v) is 4.18. The van der Waals surface area contributed by atoms with Gasteiger partial charge in [-0.2, -0.15) is 0 Å². The number of ether oxygens (including phenoxy) is 1. The fourth-order valence-electron chi connectivity index (χ4n) is 2.87. The molecule has 0 spiro atoms. The number of carbonyl (C=O) groups is 2. The van der Waals surface area contributed by atoms with Crippen LogP contribution < -0.4 is 10.6 Å². The number of methoxy groups -OCH3 is 1. The quantitative estimate of drug-likeness (QED) is 0.760. The second-order valence-electron chi connectivity index (χ2n) is 6.01. The molecule has 0 aromatic heterocycles. The van der Waals surface area contributed by atoms with E-state index in [4.69, 9.17) is 4.74 Å². The zero-order chi connectivity index (χ0) is 16.5. The number of amides is 2. The molecular weight excluding hydrogens is 292 g/mol. The summed E-state index contributed by atoms with van der Waals surface area (Å²) < 4.78 is 4.95. The molecule has 1 aliphatic rings. The first-order valence-corrected chi connectivity index (χ1v) is 8.39. The molecular formula is C18H26N2O3. The molecule has 0 radical (unpaired) electrons. The van der Waals surface area contributed by atoms with E-state index in [1.165, 1.54) is 6.42 Å². The van der Waals surface area contributed by atoms with Crippen molar-refractivity contribution < 1.29 is 14.3 Å². The summed E-state index contributed by atoms with van der Waals surface area (Å²) in [4.78, 5) is 24.3. The minimum Gasteiger partial charge on any atom is -0.385 e. The highest BCUT2D eigenvalue weighted by atomic mass is 16.5. The lowest BCUT2D eigenvalue weighted by Crippen LogP contribution is -2.26. The summed E-state index contributed by atoms with van der Waals surface area (Å²) >= 11 is 0. The first kappa shape index (κ1) is 17.5. The van der Waals surface area contributed by atoms with Gasteiger partial charge >= 0.3 is 0 Å². The average Bonchev–Trinajstić information content (AvgIpc) is 2.59. The molecule has 1 saturated carbocycles. The molecule has 0 heterocycles. The summed E-state index contributed by atoms with van der Waals surface area (Å²) in [6, 6.07) is 7.09. The molecule has 23 heavy (non-hydrogen) atoms. The highest BCUT2D eigenvalue weighted by Gasteiger charge is 2.21. The van der Waals surface area contributed by atoms with Gasteiger partial charge in [0.1, 0.15) is 0 Å². The number of hydrogen-bond donors (Lipinski definition) is 2. The van der Waals surface area contributed by atoms with E-state index in [1.807, 2.05) is 6.07 Å². The number of hydrogen-bond acceptors (Lipinski definition) is 3. The second-order valence-corrected chi connectivity index (χ2v) is 6.01. The molecule has 0 atom stereocenters. The van der Waals surface area contributed by atoms with Crippen LogP contribution in [0, 0.1) is 5.92 Å². The van der Waals surface area contributed by atoms with Crippen molar-refractivity contribution in [2.24, 2.45) is 5.92 Å². The summed E-state index contributed by atoms with van der Waals surface area (Å²) in [5.41, 5.74) is 1.24. The van der Waals surface area contributed by atoms with Gasteiger partial charge < -0.3 is 15.4 Å². The van der Waals surface area contributed by atoms with Crippen LogP contribution in [0.1, 0.15) is 48.9 Å². The van der Waals surface area contributed by atoms with Crippen molar-refractivity contribution in [3.8, 4) is 0 Å². The van der Waals surface area contributed by atoms with Gasteiger partial charge in [0.05, 0.1) is 0 Å². The van der Waals surface area contributed by atoms with Crippen molar-refractivity contribution in [3.05, 3.63) is 29.8 Å². The Morgan fingerprint density at radius 3 is 2.74 bits per heavy atom. The van der Waals surface area contributed by atoms with Crippen molar-refractivity contribution in [2.45, 2.75) is 38.5 Å². The number of nitrogens with one attached hydrogen (secondary N) is 2. The second kappa shape index (κ2) is 9.30. The number of anilines is 1. The van der Waals surface area contributed by atoms with Crippen LogP contribution in [0.25, 0.3) is 0 Å². The summed E-state index contributed by atoms with van der Waals surface area (Å²) in [7, 11) is 1.64. The maximum Gasteiger partial charge on any atom is 0.251 e. The normalized spacial score (nSPS) is 15.2. The molecule has 0 bridgehead atoms. The van der Waals surface area contributed by atoms with E-state index in [0.29, 0.717) is 24.4 Å². The van der Waals surface area contributed by atoms with Gasteiger partial charge in [0, 0.05) is 37.4 Å². The lowest BCUT2D eigenvalue weighted by Gasteiger charge is -2.20. The molecule has 1 aliphatic carbocycles. The standard InChI is InChI=1S/C18H26N2O3/c1-23-12-6-11-19-17(21)15-9-5-10-16(13-15)20-18(22)14-7-3-2-4-8-14/h5,9-10,13-14H,2-4,6-8,11-12H2,1H3,(H,19,21)(H,20,22). The van der Waals surface area contributed by atoms with Crippen LogP contribution >= 0.6 is 0 Å². The lowest BCUT2D eigenvalue weighted by atomic mass is 9.88. The molecule has 0 saturated heterocycles. The Labute approximate surface area is 137 Å². The van der Waals surface area contributed by atoms with Crippen LogP contribution in [0.15, 0.2) is 24.3 Å². The van der Waals surface area contributed by atoms with E-state index in [9.17, 15) is 9.59 Å². The van der Waals surface area contributed by atoms with Crippen LogP contribution in [0.4, 0.5) is 5.69 Å². The molecule has 0 unspecified atom stereocenters. The highest BCUT2D eigenvalue weighted by Crippen LogP contribution is 2.25. The molecule has 5 heteroatoms. The van der Waals surface area contributed by atoms with Crippen molar-refractivity contribution in [3.63, 3.8) is 0 Å². The van der Waals surface area contributed by atoms with Crippen LogP contribution in [-0.4, -0.2) is 32.1 Å². The predicted molar refractivity (Wildman–Crippen MR) is 90.5 cm³/mol.